The van der Waals surface area contributed by atoms with Crippen LogP contribution in [0.2, 0.25) is 0 Å². The zero-order valence-corrected chi connectivity index (χ0v) is 13.9. The molecule has 0 saturated carbocycles. The summed E-state index contributed by atoms with van der Waals surface area (Å²) in [4.78, 5) is 12.0. The van der Waals surface area contributed by atoms with Crippen LogP contribution < -0.4 is 20.5 Å². The Kier molecular flexibility index (Phi) is 7.44. The normalized spacial score (nSPS) is 9.87. The van der Waals surface area contributed by atoms with Crippen molar-refractivity contribution in [3.8, 4) is 11.5 Å². The Morgan fingerprint density at radius 3 is 2.70 bits per heavy atom. The van der Waals surface area contributed by atoms with Crippen LogP contribution in [0.5, 0.6) is 11.5 Å². The first-order valence-electron chi connectivity index (χ1n) is 7.03. The van der Waals surface area contributed by atoms with Crippen LogP contribution in [0.15, 0.2) is 34.9 Å². The molecule has 1 aromatic carbocycles. The third-order valence-electron chi connectivity index (χ3n) is 3.10. The molecular formula is C16H21ClN2O4. The number of methoxy groups -OCH3 is 1. The Balaban J connectivity index is 0.00000264. The van der Waals surface area contributed by atoms with Gasteiger partial charge < -0.3 is 24.9 Å². The summed E-state index contributed by atoms with van der Waals surface area (Å²) in [5, 5.41) is 2.82. The van der Waals surface area contributed by atoms with E-state index in [0.717, 1.165) is 5.56 Å². The summed E-state index contributed by atoms with van der Waals surface area (Å²) in [7, 11) is 1.59. The molecule has 1 heterocycles. The maximum Gasteiger partial charge on any atom is 0.254 e. The van der Waals surface area contributed by atoms with Crippen molar-refractivity contribution in [2.24, 2.45) is 5.73 Å². The molecule has 1 aromatic heterocycles. The number of nitrogens with two attached hydrogens (primary N) is 1. The summed E-state index contributed by atoms with van der Waals surface area (Å²) < 4.78 is 15.9. The summed E-state index contributed by atoms with van der Waals surface area (Å²) in [5.41, 5.74) is 6.82. The summed E-state index contributed by atoms with van der Waals surface area (Å²) in [6, 6.07) is 7.18. The van der Waals surface area contributed by atoms with Gasteiger partial charge in [-0.15, -0.1) is 12.4 Å². The quantitative estimate of drug-likeness (QED) is 0.808. The van der Waals surface area contributed by atoms with Gasteiger partial charge in [0.15, 0.2) is 11.5 Å². The van der Waals surface area contributed by atoms with E-state index in [0.29, 0.717) is 36.0 Å². The number of halogens is 1. The van der Waals surface area contributed by atoms with Crippen molar-refractivity contribution in [1.82, 2.24) is 5.32 Å². The molecule has 0 unspecified atom stereocenters. The predicted octanol–water partition coefficient (Wildman–Crippen LogP) is 2.50. The number of carbonyl (C=O) groups excluding carboxylic acids is 1. The van der Waals surface area contributed by atoms with E-state index < -0.39 is 0 Å². The number of furan rings is 1. The highest BCUT2D eigenvalue weighted by Gasteiger charge is 2.10. The lowest BCUT2D eigenvalue weighted by Crippen LogP contribution is -2.22. The fourth-order valence-corrected chi connectivity index (χ4v) is 1.99. The Bertz CT molecular complexity index is 643. The van der Waals surface area contributed by atoms with E-state index in [-0.39, 0.29) is 24.9 Å². The molecule has 0 aliphatic rings. The van der Waals surface area contributed by atoms with Crippen molar-refractivity contribution in [3.05, 3.63) is 47.4 Å². The monoisotopic (exact) mass is 340 g/mol. The summed E-state index contributed by atoms with van der Waals surface area (Å²) in [5.74, 6) is 1.69. The predicted molar refractivity (Wildman–Crippen MR) is 89.2 cm³/mol. The zero-order chi connectivity index (χ0) is 15.9. The van der Waals surface area contributed by atoms with Crippen LogP contribution in [-0.4, -0.2) is 19.6 Å². The van der Waals surface area contributed by atoms with Crippen molar-refractivity contribution in [2.75, 3.05) is 13.7 Å². The summed E-state index contributed by atoms with van der Waals surface area (Å²) >= 11 is 0. The Morgan fingerprint density at radius 2 is 2.09 bits per heavy atom. The Morgan fingerprint density at radius 1 is 1.30 bits per heavy atom. The largest absolute Gasteiger partial charge is 0.493 e. The highest BCUT2D eigenvalue weighted by atomic mass is 35.5. The molecular weight excluding hydrogens is 320 g/mol. The van der Waals surface area contributed by atoms with Crippen LogP contribution >= 0.6 is 12.4 Å². The molecule has 7 heteroatoms. The smallest absolute Gasteiger partial charge is 0.254 e. The fraction of sp³-hybridized carbons (Fsp3) is 0.312. The molecule has 2 rings (SSSR count). The van der Waals surface area contributed by atoms with Gasteiger partial charge in [0.05, 0.1) is 25.8 Å². The number of hydrogen-bond acceptors (Lipinski definition) is 5. The number of rotatable bonds is 7. The lowest BCUT2D eigenvalue weighted by atomic mass is 10.2. The molecule has 0 bridgehead atoms. The molecule has 126 valence electrons. The lowest BCUT2D eigenvalue weighted by molar-refractivity contribution is 0.0950. The van der Waals surface area contributed by atoms with Crippen LogP contribution in [0.4, 0.5) is 0 Å². The van der Waals surface area contributed by atoms with Gasteiger partial charge in [0.1, 0.15) is 12.0 Å². The van der Waals surface area contributed by atoms with E-state index in [9.17, 15) is 4.79 Å². The molecule has 0 radical (unpaired) electrons. The molecule has 0 aliphatic heterocycles. The van der Waals surface area contributed by atoms with Crippen molar-refractivity contribution < 1.29 is 18.7 Å². The number of amides is 1. The lowest BCUT2D eigenvalue weighted by Gasteiger charge is -2.11. The molecule has 0 fully saturated rings. The third-order valence-corrected chi connectivity index (χ3v) is 3.10. The molecule has 3 N–H and O–H groups in total. The first kappa shape index (κ1) is 18.9. The molecule has 6 nitrogen and oxygen atoms in total. The second-order valence-corrected chi connectivity index (χ2v) is 4.61. The number of hydrogen-bond donors (Lipinski definition) is 2. The van der Waals surface area contributed by atoms with Gasteiger partial charge in [0.2, 0.25) is 0 Å². The van der Waals surface area contributed by atoms with Crippen LogP contribution in [0.3, 0.4) is 0 Å². The van der Waals surface area contributed by atoms with Crippen LogP contribution in [-0.2, 0) is 13.1 Å². The van der Waals surface area contributed by atoms with Crippen LogP contribution in [0.1, 0.15) is 28.6 Å². The average Bonchev–Trinajstić information content (AvgIpc) is 3.02. The highest BCUT2D eigenvalue weighted by molar-refractivity contribution is 5.93. The molecule has 0 spiro atoms. The molecule has 1 amide bonds. The maximum absolute atomic E-state index is 12.0. The van der Waals surface area contributed by atoms with Gasteiger partial charge in [-0.1, -0.05) is 6.07 Å². The molecule has 0 aliphatic carbocycles. The topological polar surface area (TPSA) is 86.7 Å². The number of nitrogens with one attached hydrogen (secondary N) is 1. The van der Waals surface area contributed by atoms with Gasteiger partial charge in [0.25, 0.3) is 5.91 Å². The highest BCUT2D eigenvalue weighted by Crippen LogP contribution is 2.28. The minimum absolute atomic E-state index is 0. The Labute approximate surface area is 141 Å². The van der Waals surface area contributed by atoms with Crippen molar-refractivity contribution in [2.45, 2.75) is 20.0 Å². The number of benzene rings is 1. The van der Waals surface area contributed by atoms with E-state index in [1.807, 2.05) is 25.1 Å². The third kappa shape index (κ3) is 4.91. The van der Waals surface area contributed by atoms with E-state index in [2.05, 4.69) is 5.32 Å². The maximum atomic E-state index is 12.0. The molecule has 0 saturated heterocycles. The second-order valence-electron chi connectivity index (χ2n) is 4.61. The van der Waals surface area contributed by atoms with Gasteiger partial charge in [-0.2, -0.15) is 0 Å². The van der Waals surface area contributed by atoms with E-state index in [4.69, 9.17) is 19.6 Å². The Hall–Kier alpha value is -2.18. The van der Waals surface area contributed by atoms with E-state index in [1.165, 1.54) is 6.26 Å². The second kappa shape index (κ2) is 9.07. The van der Waals surface area contributed by atoms with Gasteiger partial charge in [-0.3, -0.25) is 4.79 Å². The number of ether oxygens (including phenoxy) is 2. The molecule has 0 atom stereocenters. The first-order valence-corrected chi connectivity index (χ1v) is 7.03. The standard InChI is InChI=1S/C16H20N2O4.ClH/c1-3-21-15-6-11(4-5-14(15)20-2)9-18-16(19)12-7-13(8-17)22-10-12;/h4-7,10H,3,8-9,17H2,1-2H3,(H,18,19);1H. The summed E-state index contributed by atoms with van der Waals surface area (Å²) in [6.07, 6.45) is 1.40. The molecule has 2 aromatic rings. The summed E-state index contributed by atoms with van der Waals surface area (Å²) in [6.45, 7) is 3.10. The minimum atomic E-state index is -0.211. The van der Waals surface area contributed by atoms with Crippen LogP contribution in [0, 0.1) is 0 Å². The number of carbonyl (C=O) groups is 1. The van der Waals surface area contributed by atoms with E-state index in [1.54, 1.807) is 13.2 Å². The van der Waals surface area contributed by atoms with Gasteiger partial charge in [0, 0.05) is 6.54 Å². The van der Waals surface area contributed by atoms with Crippen molar-refractivity contribution in [1.29, 1.82) is 0 Å². The first-order chi connectivity index (χ1) is 10.7. The fourth-order valence-electron chi connectivity index (χ4n) is 1.99. The van der Waals surface area contributed by atoms with Gasteiger partial charge in [-0.25, -0.2) is 0 Å². The molecule has 23 heavy (non-hydrogen) atoms. The average molecular weight is 341 g/mol. The van der Waals surface area contributed by atoms with Crippen molar-refractivity contribution >= 4 is 18.3 Å². The van der Waals surface area contributed by atoms with Gasteiger partial charge in [-0.05, 0) is 30.7 Å². The zero-order valence-electron chi connectivity index (χ0n) is 13.1. The van der Waals surface area contributed by atoms with Crippen molar-refractivity contribution in [3.63, 3.8) is 0 Å². The van der Waals surface area contributed by atoms with Crippen LogP contribution in [0.25, 0.3) is 0 Å². The minimum Gasteiger partial charge on any atom is -0.493 e. The van der Waals surface area contributed by atoms with Gasteiger partial charge >= 0.3 is 0 Å². The van der Waals surface area contributed by atoms with E-state index >= 15 is 0 Å². The SMILES string of the molecule is CCOc1cc(CNC(=O)c2coc(CN)c2)ccc1OC.Cl.